The predicted octanol–water partition coefficient (Wildman–Crippen LogP) is 11.1. The topological polar surface area (TPSA) is 51.8 Å². The van der Waals surface area contributed by atoms with E-state index in [1.54, 1.807) is 0 Å². The number of rotatable bonds is 5. The number of nitrogens with zero attached hydrogens (tertiary/aromatic N) is 3. The van der Waals surface area contributed by atoms with Gasteiger partial charge in [0, 0.05) is 27.5 Å². The van der Waals surface area contributed by atoms with E-state index in [1.807, 2.05) is 0 Å². The summed E-state index contributed by atoms with van der Waals surface area (Å²) in [5, 5.41) is -1.48. The lowest BCUT2D eigenvalue weighted by atomic mass is 9.67. The first-order valence-electron chi connectivity index (χ1n) is 29.0. The van der Waals surface area contributed by atoms with Gasteiger partial charge in [0.1, 0.15) is 11.2 Å². The van der Waals surface area contributed by atoms with Gasteiger partial charge in [0.05, 0.1) is 45.2 Å². The van der Waals surface area contributed by atoms with Gasteiger partial charge in [-0.25, -0.2) is 15.0 Å². The van der Waals surface area contributed by atoms with Gasteiger partial charge in [-0.1, -0.05) is 157 Å². The first-order chi connectivity index (χ1) is 36.8. The quantitative estimate of drug-likeness (QED) is 0.183. The molecule has 0 bridgehead atoms. The summed E-state index contributed by atoms with van der Waals surface area (Å²) in [6, 6.07) is -29.3. The minimum atomic E-state index is -3.23. The third kappa shape index (κ3) is 4.22. The average molecular weight is 669 g/mol. The Balaban J connectivity index is 1.50. The fourth-order valence-corrected chi connectivity index (χ4v) is 5.99. The molecule has 1 aliphatic carbocycles. The molecule has 0 amide bonds. The summed E-state index contributed by atoms with van der Waals surface area (Å²) >= 11 is 0. The minimum Gasteiger partial charge on any atom is -0.456 e. The van der Waals surface area contributed by atoms with Crippen LogP contribution in [0.5, 0.6) is 0 Å². The second-order valence-corrected chi connectivity index (χ2v) is 10.6. The van der Waals surface area contributed by atoms with E-state index < -0.39 is 270 Å². The van der Waals surface area contributed by atoms with Crippen LogP contribution in [0.4, 0.5) is 0 Å². The van der Waals surface area contributed by atoms with Crippen molar-refractivity contribution in [3.05, 3.63) is 197 Å². The fourth-order valence-electron chi connectivity index (χ4n) is 5.99. The van der Waals surface area contributed by atoms with Crippen LogP contribution in [0.25, 0.3) is 67.2 Å². The molecule has 4 heteroatoms. The first-order valence-corrected chi connectivity index (χ1v) is 14.5. The van der Waals surface area contributed by atoms with Crippen LogP contribution in [0.1, 0.15) is 62.0 Å². The van der Waals surface area contributed by atoms with E-state index in [0.717, 1.165) is 0 Å². The predicted molar refractivity (Wildman–Crippen MR) is 201 cm³/mol. The lowest BCUT2D eigenvalue weighted by molar-refractivity contribution is 0.668. The summed E-state index contributed by atoms with van der Waals surface area (Å²) in [6.45, 7) is 0. The molecule has 0 atom stereocenters. The molecule has 2 heterocycles. The summed E-state index contributed by atoms with van der Waals surface area (Å²) in [5.41, 5.74) is -12.4. The van der Waals surface area contributed by atoms with E-state index in [9.17, 15) is 13.7 Å². The SMILES string of the molecule is [2H]c1c([2H])c([2H])c(-c2nc(-c3c([2H])c([2H])c([2H])c([2H])c3[2H])nc(-c3c([2H])c([2H])c([2H])c4oc5c([2H])c([2H])c(C6(c7c([2H])c([2H])c([2H])c([2H])c7[2H])c7c([2H])c([2H])c([2H])c([2H])c7-c7c([2H])c([2H])c([2H])c([2H])c76)c([2H])c5c34)n2)c([2H])c1[2H]. The molecule has 0 spiro atoms. The first kappa shape index (κ1) is 11.7. The van der Waals surface area contributed by atoms with Crippen LogP contribution in [0, 0.1) is 0 Å². The molecule has 7 aromatic carbocycles. The Morgan fingerprint density at radius 2 is 0.940 bits per heavy atom. The van der Waals surface area contributed by atoms with E-state index in [1.165, 1.54) is 0 Å². The van der Waals surface area contributed by atoms with E-state index in [2.05, 4.69) is 15.0 Å². The Bertz CT molecular complexity index is 4140. The molecule has 0 radical (unpaired) electrons. The maximum atomic E-state index is 10.3. The number of hydrogen-bond acceptors (Lipinski definition) is 4. The van der Waals surface area contributed by atoms with Crippen LogP contribution < -0.4 is 0 Å². The average Bonchev–Trinajstić information content (AvgIpc) is 3.47. The third-order valence-corrected chi connectivity index (χ3v) is 8.00. The standard InChI is InChI=1S/C46H29N3O/c1-4-15-30(16-5-1)43-47-44(31-17-6-2-7-18-31)49-45(48-43)36-23-14-26-41-42(36)37-29-33(27-28-40(37)50-41)46(32-19-8-3-9-20-32)38-24-12-10-21-34(38)35-22-11-13-25-39(35)46/h1-29H/i1D,2D,3D,4D,5D,6D,7D,8D,9D,10D,11D,12D,13D,14D,15D,16D,17D,18D,19D,20D,21D,22D,23D,24D,25D,26D,27D,28D,29D. The van der Waals surface area contributed by atoms with Crippen LogP contribution in [-0.4, -0.2) is 15.0 Å². The van der Waals surface area contributed by atoms with Crippen molar-refractivity contribution in [2.75, 3.05) is 0 Å². The molecule has 10 rings (SSSR count). The molecule has 1 aliphatic rings. The Morgan fingerprint density at radius 1 is 0.420 bits per heavy atom. The molecule has 4 nitrogen and oxygen atoms in total. The van der Waals surface area contributed by atoms with E-state index in [-0.39, 0.29) is 0 Å². The smallest absolute Gasteiger partial charge is 0.164 e. The minimum absolute atomic E-state index is 0.703. The van der Waals surface area contributed by atoms with Gasteiger partial charge in [-0.3, -0.25) is 0 Å². The van der Waals surface area contributed by atoms with Crippen LogP contribution in [0.15, 0.2) is 180 Å². The van der Waals surface area contributed by atoms with Gasteiger partial charge in [0.15, 0.2) is 17.5 Å². The van der Waals surface area contributed by atoms with Crippen molar-refractivity contribution in [3.8, 4) is 45.3 Å². The van der Waals surface area contributed by atoms with E-state index >= 15 is 0 Å². The van der Waals surface area contributed by atoms with Crippen LogP contribution in [0.2, 0.25) is 0 Å². The van der Waals surface area contributed by atoms with Crippen molar-refractivity contribution < 1.29 is 44.2 Å². The van der Waals surface area contributed by atoms with Crippen LogP contribution >= 0.6 is 0 Å². The maximum absolute atomic E-state index is 10.3. The van der Waals surface area contributed by atoms with Crippen molar-refractivity contribution in [2.24, 2.45) is 0 Å². The van der Waals surface area contributed by atoms with Crippen molar-refractivity contribution in [3.63, 3.8) is 0 Å². The van der Waals surface area contributed by atoms with Crippen molar-refractivity contribution in [2.45, 2.75) is 5.41 Å². The second-order valence-electron chi connectivity index (χ2n) is 10.6. The van der Waals surface area contributed by atoms with Crippen LogP contribution in [0.3, 0.4) is 0 Å². The summed E-state index contributed by atoms with van der Waals surface area (Å²) in [4.78, 5) is 13.0. The zero-order valence-electron chi connectivity index (χ0n) is 53.7. The normalized spacial score (nSPS) is 21.1. The van der Waals surface area contributed by atoms with Gasteiger partial charge < -0.3 is 4.42 Å². The summed E-state index contributed by atoms with van der Waals surface area (Å²) in [7, 11) is 0. The molecular formula is C46H29N3O. The maximum Gasteiger partial charge on any atom is 0.164 e. The molecule has 50 heavy (non-hydrogen) atoms. The molecule has 0 N–H and O–H groups in total. The molecule has 0 unspecified atom stereocenters. The number of fused-ring (bicyclic) bond motifs is 6. The lowest BCUT2D eigenvalue weighted by Crippen LogP contribution is -2.28. The largest absolute Gasteiger partial charge is 0.456 e. The molecule has 0 saturated heterocycles. The molecule has 2 aromatic heterocycles. The van der Waals surface area contributed by atoms with Gasteiger partial charge in [0.2, 0.25) is 0 Å². The fraction of sp³-hybridized carbons (Fsp3) is 0.0217. The Hall–Kier alpha value is -6.65. The summed E-state index contributed by atoms with van der Waals surface area (Å²) in [6.07, 6.45) is 0. The van der Waals surface area contributed by atoms with Gasteiger partial charge in [-0.2, -0.15) is 0 Å². The molecule has 0 fully saturated rings. The van der Waals surface area contributed by atoms with E-state index in [4.69, 9.17) is 30.5 Å². The Labute approximate surface area is 330 Å². The molecule has 9 aromatic rings. The Morgan fingerprint density at radius 3 is 1.56 bits per heavy atom. The highest BCUT2D eigenvalue weighted by atomic mass is 16.3. The number of benzene rings is 7. The molecular weight excluding hydrogens is 611 g/mol. The van der Waals surface area contributed by atoms with E-state index in [0.29, 0.717) is 0 Å². The highest BCUT2D eigenvalue weighted by molar-refractivity contribution is 6.12. The summed E-state index contributed by atoms with van der Waals surface area (Å²) in [5.74, 6) is -2.64. The van der Waals surface area contributed by atoms with Gasteiger partial charge >= 0.3 is 0 Å². The number of aromatic nitrogens is 3. The molecule has 234 valence electrons. The van der Waals surface area contributed by atoms with Gasteiger partial charge in [0.25, 0.3) is 0 Å². The molecule has 0 aliphatic heterocycles. The monoisotopic (exact) mass is 668 g/mol. The van der Waals surface area contributed by atoms with Gasteiger partial charge in [-0.05, 0) is 51.5 Å². The van der Waals surface area contributed by atoms with Crippen LogP contribution in [-0.2, 0) is 5.41 Å². The highest BCUT2D eigenvalue weighted by Crippen LogP contribution is 2.56. The zero-order valence-corrected chi connectivity index (χ0v) is 24.7. The highest BCUT2D eigenvalue weighted by Gasteiger charge is 2.46. The lowest BCUT2D eigenvalue weighted by Gasteiger charge is -2.33. The Kier molecular flexibility index (Phi) is 2.64. The summed E-state index contributed by atoms with van der Waals surface area (Å²) < 4.78 is 267. The number of furan rings is 1. The van der Waals surface area contributed by atoms with Crippen molar-refractivity contribution in [1.82, 2.24) is 15.0 Å². The zero-order chi connectivity index (χ0) is 58.3. The van der Waals surface area contributed by atoms with Crippen molar-refractivity contribution >= 4 is 21.9 Å². The number of hydrogen-bond donors (Lipinski definition) is 0. The second kappa shape index (κ2) is 11.2. The molecule has 0 saturated carbocycles. The van der Waals surface area contributed by atoms with Crippen molar-refractivity contribution in [1.29, 1.82) is 0 Å². The third-order valence-electron chi connectivity index (χ3n) is 8.00. The van der Waals surface area contributed by atoms with Gasteiger partial charge in [-0.15, -0.1) is 0 Å².